The molecule has 0 aliphatic carbocycles. The van der Waals surface area contributed by atoms with Gasteiger partial charge in [-0.2, -0.15) is 0 Å². The van der Waals surface area contributed by atoms with E-state index in [1.54, 1.807) is 17.0 Å². The standard InChI is InChI=1S/C24H29N3O4/c28-23-8-3-9-27(23)21-6-2-5-20(17-21)24(29)25-18-19-4-1-7-22(16-19)31-15-12-26-10-13-30-14-11-26/h1-2,4-7,16-17H,3,8-15,18H2,(H,25,29). The van der Waals surface area contributed by atoms with Gasteiger partial charge in [0.15, 0.2) is 0 Å². The van der Waals surface area contributed by atoms with Gasteiger partial charge in [-0.05, 0) is 42.3 Å². The molecule has 2 amide bonds. The highest BCUT2D eigenvalue weighted by molar-refractivity contribution is 5.99. The predicted octanol–water partition coefficient (Wildman–Crippen LogP) is 2.45. The summed E-state index contributed by atoms with van der Waals surface area (Å²) in [6.07, 6.45) is 1.43. The van der Waals surface area contributed by atoms with Crippen molar-refractivity contribution in [3.8, 4) is 5.75 Å². The lowest BCUT2D eigenvalue weighted by Crippen LogP contribution is -2.38. The summed E-state index contributed by atoms with van der Waals surface area (Å²) in [7, 11) is 0. The Labute approximate surface area is 182 Å². The molecule has 2 saturated heterocycles. The fourth-order valence-corrected chi connectivity index (χ4v) is 3.88. The van der Waals surface area contributed by atoms with E-state index >= 15 is 0 Å². The van der Waals surface area contributed by atoms with Crippen LogP contribution in [0.2, 0.25) is 0 Å². The highest BCUT2D eigenvalue weighted by Crippen LogP contribution is 2.22. The third-order valence-electron chi connectivity index (χ3n) is 5.62. The molecule has 2 aromatic carbocycles. The van der Waals surface area contributed by atoms with E-state index in [0.717, 1.165) is 56.3 Å². The number of nitrogens with zero attached hydrogens (tertiary/aromatic N) is 2. The summed E-state index contributed by atoms with van der Waals surface area (Å²) >= 11 is 0. The largest absolute Gasteiger partial charge is 0.492 e. The Kier molecular flexibility index (Phi) is 7.17. The molecule has 2 aliphatic heterocycles. The summed E-state index contributed by atoms with van der Waals surface area (Å²) in [4.78, 5) is 28.7. The van der Waals surface area contributed by atoms with Crippen molar-refractivity contribution in [2.75, 3.05) is 50.9 Å². The van der Waals surface area contributed by atoms with Crippen LogP contribution < -0.4 is 15.0 Å². The number of nitrogens with one attached hydrogen (secondary N) is 1. The van der Waals surface area contributed by atoms with Gasteiger partial charge in [0.25, 0.3) is 5.91 Å². The van der Waals surface area contributed by atoms with Gasteiger partial charge in [0, 0.05) is 50.4 Å². The number of rotatable bonds is 8. The maximum absolute atomic E-state index is 12.6. The first-order valence-electron chi connectivity index (χ1n) is 10.9. The maximum Gasteiger partial charge on any atom is 0.251 e. The molecule has 0 saturated carbocycles. The molecule has 7 nitrogen and oxygen atoms in total. The average molecular weight is 424 g/mol. The van der Waals surface area contributed by atoms with Crippen molar-refractivity contribution in [2.45, 2.75) is 19.4 Å². The van der Waals surface area contributed by atoms with E-state index in [-0.39, 0.29) is 11.8 Å². The molecule has 7 heteroatoms. The summed E-state index contributed by atoms with van der Waals surface area (Å²) in [5.74, 6) is 0.754. The molecule has 0 spiro atoms. The zero-order valence-corrected chi connectivity index (χ0v) is 17.7. The van der Waals surface area contributed by atoms with Crippen LogP contribution in [0.25, 0.3) is 0 Å². The summed E-state index contributed by atoms with van der Waals surface area (Å²) in [6, 6.07) is 15.0. The second kappa shape index (κ2) is 10.4. The van der Waals surface area contributed by atoms with E-state index in [0.29, 0.717) is 31.7 Å². The monoisotopic (exact) mass is 423 g/mol. The number of ether oxygens (including phenoxy) is 2. The molecule has 0 bridgehead atoms. The van der Waals surface area contributed by atoms with E-state index in [4.69, 9.17) is 9.47 Å². The number of carbonyl (C=O) groups is 2. The first-order valence-corrected chi connectivity index (χ1v) is 10.9. The highest BCUT2D eigenvalue weighted by atomic mass is 16.5. The molecule has 0 atom stereocenters. The zero-order chi connectivity index (χ0) is 21.5. The third-order valence-corrected chi connectivity index (χ3v) is 5.62. The van der Waals surface area contributed by atoms with Gasteiger partial charge in [-0.15, -0.1) is 0 Å². The van der Waals surface area contributed by atoms with E-state index < -0.39 is 0 Å². The van der Waals surface area contributed by atoms with Gasteiger partial charge in [-0.3, -0.25) is 14.5 Å². The fourth-order valence-electron chi connectivity index (χ4n) is 3.88. The number of amides is 2. The Morgan fingerprint density at radius 2 is 1.90 bits per heavy atom. The lowest BCUT2D eigenvalue weighted by Gasteiger charge is -2.26. The SMILES string of the molecule is O=C(NCc1cccc(OCCN2CCOCC2)c1)c1cccc(N2CCCC2=O)c1. The molecular weight excluding hydrogens is 394 g/mol. The minimum absolute atomic E-state index is 0.114. The number of anilines is 1. The van der Waals surface area contributed by atoms with Crippen LogP contribution in [0.1, 0.15) is 28.8 Å². The predicted molar refractivity (Wildman–Crippen MR) is 118 cm³/mol. The molecule has 1 N–H and O–H groups in total. The van der Waals surface area contributed by atoms with Crippen LogP contribution in [0.3, 0.4) is 0 Å². The Bertz CT molecular complexity index is 911. The number of morpholine rings is 1. The average Bonchev–Trinajstić information content (AvgIpc) is 3.24. The van der Waals surface area contributed by atoms with Gasteiger partial charge in [-0.1, -0.05) is 18.2 Å². The molecular formula is C24H29N3O4. The lowest BCUT2D eigenvalue weighted by atomic mass is 10.1. The van der Waals surface area contributed by atoms with Gasteiger partial charge in [0.2, 0.25) is 5.91 Å². The normalized spacial score (nSPS) is 17.0. The topological polar surface area (TPSA) is 71.1 Å². The quantitative estimate of drug-likeness (QED) is 0.706. The minimum atomic E-state index is -0.160. The van der Waals surface area contributed by atoms with Gasteiger partial charge in [0.05, 0.1) is 13.2 Å². The van der Waals surface area contributed by atoms with Gasteiger partial charge < -0.3 is 19.7 Å². The van der Waals surface area contributed by atoms with Crippen LogP contribution in [0.4, 0.5) is 5.69 Å². The maximum atomic E-state index is 12.6. The summed E-state index contributed by atoms with van der Waals surface area (Å²) in [6.45, 7) is 6.08. The van der Waals surface area contributed by atoms with Gasteiger partial charge in [-0.25, -0.2) is 0 Å². The number of benzene rings is 2. The van der Waals surface area contributed by atoms with Crippen molar-refractivity contribution in [2.24, 2.45) is 0 Å². The Morgan fingerprint density at radius 3 is 2.71 bits per heavy atom. The van der Waals surface area contributed by atoms with Crippen LogP contribution in [-0.2, 0) is 16.1 Å². The van der Waals surface area contributed by atoms with E-state index in [2.05, 4.69) is 10.2 Å². The Balaban J connectivity index is 1.28. The molecule has 2 aromatic rings. The molecule has 0 aromatic heterocycles. The molecule has 4 rings (SSSR count). The van der Waals surface area contributed by atoms with Crippen molar-refractivity contribution < 1.29 is 19.1 Å². The van der Waals surface area contributed by atoms with Gasteiger partial charge in [0.1, 0.15) is 12.4 Å². The van der Waals surface area contributed by atoms with E-state index in [1.807, 2.05) is 36.4 Å². The van der Waals surface area contributed by atoms with E-state index in [1.165, 1.54) is 0 Å². The summed E-state index contributed by atoms with van der Waals surface area (Å²) in [5.41, 5.74) is 2.31. The van der Waals surface area contributed by atoms with Crippen molar-refractivity contribution in [3.63, 3.8) is 0 Å². The number of hydrogen-bond donors (Lipinski definition) is 1. The lowest BCUT2D eigenvalue weighted by molar-refractivity contribution is -0.117. The molecule has 164 valence electrons. The molecule has 2 fully saturated rings. The van der Waals surface area contributed by atoms with Crippen LogP contribution in [0, 0.1) is 0 Å². The van der Waals surface area contributed by atoms with Crippen LogP contribution in [0.5, 0.6) is 5.75 Å². The van der Waals surface area contributed by atoms with E-state index in [9.17, 15) is 9.59 Å². The summed E-state index contributed by atoms with van der Waals surface area (Å²) in [5, 5.41) is 2.96. The van der Waals surface area contributed by atoms with Crippen molar-refractivity contribution in [3.05, 3.63) is 59.7 Å². The Morgan fingerprint density at radius 1 is 1.06 bits per heavy atom. The smallest absolute Gasteiger partial charge is 0.251 e. The second-order valence-corrected chi connectivity index (χ2v) is 7.83. The van der Waals surface area contributed by atoms with Crippen LogP contribution in [-0.4, -0.2) is 62.7 Å². The first-order chi connectivity index (χ1) is 15.2. The summed E-state index contributed by atoms with van der Waals surface area (Å²) < 4.78 is 11.3. The number of carbonyl (C=O) groups excluding carboxylic acids is 2. The molecule has 0 radical (unpaired) electrons. The van der Waals surface area contributed by atoms with Crippen LogP contribution >= 0.6 is 0 Å². The first kappa shape index (κ1) is 21.3. The molecule has 0 unspecified atom stereocenters. The minimum Gasteiger partial charge on any atom is -0.492 e. The fraction of sp³-hybridized carbons (Fsp3) is 0.417. The molecule has 2 heterocycles. The van der Waals surface area contributed by atoms with Gasteiger partial charge >= 0.3 is 0 Å². The van der Waals surface area contributed by atoms with Crippen LogP contribution in [0.15, 0.2) is 48.5 Å². The van der Waals surface area contributed by atoms with Crippen molar-refractivity contribution in [1.29, 1.82) is 0 Å². The highest BCUT2D eigenvalue weighted by Gasteiger charge is 2.22. The molecule has 31 heavy (non-hydrogen) atoms. The second-order valence-electron chi connectivity index (χ2n) is 7.83. The Hall–Kier alpha value is -2.90. The number of hydrogen-bond acceptors (Lipinski definition) is 5. The molecule has 2 aliphatic rings. The van der Waals surface area contributed by atoms with Crippen molar-refractivity contribution >= 4 is 17.5 Å². The third kappa shape index (κ3) is 5.83. The zero-order valence-electron chi connectivity index (χ0n) is 17.7. The van der Waals surface area contributed by atoms with Crippen molar-refractivity contribution in [1.82, 2.24) is 10.2 Å².